The molecule has 0 aliphatic heterocycles. The maximum atomic E-state index is 13.3. The van der Waals surface area contributed by atoms with Crippen molar-refractivity contribution >= 4 is 40.5 Å². The van der Waals surface area contributed by atoms with Gasteiger partial charge in [0, 0.05) is 12.2 Å². The number of carbonyl (C=O) groups is 2. The van der Waals surface area contributed by atoms with E-state index < -0.39 is 0 Å². The molecular formula is C26H27N3O3S. The number of thiocarbonyl (C=S) groups is 1. The molecule has 0 fully saturated rings. The summed E-state index contributed by atoms with van der Waals surface area (Å²) < 4.78 is 5.66. The summed E-state index contributed by atoms with van der Waals surface area (Å²) in [4.78, 5) is 27.8. The lowest BCUT2D eigenvalue weighted by molar-refractivity contribution is 0.0970. The lowest BCUT2D eigenvalue weighted by Crippen LogP contribution is -2.36. The first-order chi connectivity index (χ1) is 16.0. The van der Waals surface area contributed by atoms with Crippen molar-refractivity contribution in [1.82, 2.24) is 5.32 Å². The van der Waals surface area contributed by atoms with E-state index >= 15 is 0 Å². The predicted octanol–water partition coefficient (Wildman–Crippen LogP) is 5.27. The minimum atomic E-state index is -0.387. The van der Waals surface area contributed by atoms with E-state index in [1.165, 1.54) is 0 Å². The highest BCUT2D eigenvalue weighted by molar-refractivity contribution is 7.80. The lowest BCUT2D eigenvalue weighted by atomic mass is 10.1. The number of benzene rings is 3. The Morgan fingerprint density at radius 2 is 1.52 bits per heavy atom. The summed E-state index contributed by atoms with van der Waals surface area (Å²) in [5, 5.41) is 5.77. The summed E-state index contributed by atoms with van der Waals surface area (Å²) in [5.41, 5.74) is 2.16. The van der Waals surface area contributed by atoms with Gasteiger partial charge in [-0.2, -0.15) is 0 Å². The SMILES string of the molecule is CCCOc1ccccc1C(=O)NC(=S)Nc1ccccc1C(=O)N(CC)c1ccccc1. The molecule has 2 amide bonds. The van der Waals surface area contributed by atoms with Crippen LogP contribution in [0.1, 0.15) is 41.0 Å². The first kappa shape index (κ1) is 23.9. The molecule has 0 spiro atoms. The van der Waals surface area contributed by atoms with Crippen LogP contribution in [0.5, 0.6) is 5.75 Å². The molecule has 170 valence electrons. The number of para-hydroxylation sites is 3. The molecule has 0 saturated carbocycles. The molecule has 0 radical (unpaired) electrons. The van der Waals surface area contributed by atoms with Gasteiger partial charge in [-0.05, 0) is 62.0 Å². The lowest BCUT2D eigenvalue weighted by Gasteiger charge is -2.23. The van der Waals surface area contributed by atoms with Gasteiger partial charge in [0.15, 0.2) is 5.11 Å². The van der Waals surface area contributed by atoms with Gasteiger partial charge in [0.05, 0.1) is 23.4 Å². The number of anilines is 2. The zero-order valence-electron chi connectivity index (χ0n) is 18.7. The molecular weight excluding hydrogens is 434 g/mol. The van der Waals surface area contributed by atoms with E-state index in [1.54, 1.807) is 47.4 Å². The summed E-state index contributed by atoms with van der Waals surface area (Å²) in [6.45, 7) is 4.94. The van der Waals surface area contributed by atoms with Crippen LogP contribution >= 0.6 is 12.2 Å². The van der Waals surface area contributed by atoms with Crippen LogP contribution in [0.2, 0.25) is 0 Å². The third-order valence-electron chi connectivity index (χ3n) is 4.86. The average Bonchev–Trinajstić information content (AvgIpc) is 2.84. The highest BCUT2D eigenvalue weighted by Crippen LogP contribution is 2.22. The van der Waals surface area contributed by atoms with Gasteiger partial charge in [0.2, 0.25) is 0 Å². The van der Waals surface area contributed by atoms with Crippen LogP contribution in [0.3, 0.4) is 0 Å². The second-order valence-electron chi connectivity index (χ2n) is 7.18. The highest BCUT2D eigenvalue weighted by Gasteiger charge is 2.20. The second-order valence-corrected chi connectivity index (χ2v) is 7.59. The number of hydrogen-bond acceptors (Lipinski definition) is 4. The van der Waals surface area contributed by atoms with Crippen LogP contribution in [0, 0.1) is 0 Å². The maximum Gasteiger partial charge on any atom is 0.261 e. The number of nitrogens with one attached hydrogen (secondary N) is 2. The van der Waals surface area contributed by atoms with E-state index in [1.807, 2.05) is 50.2 Å². The van der Waals surface area contributed by atoms with Crippen molar-refractivity contribution in [3.05, 3.63) is 90.0 Å². The van der Waals surface area contributed by atoms with Gasteiger partial charge in [-0.3, -0.25) is 14.9 Å². The van der Waals surface area contributed by atoms with Crippen LogP contribution in [0.15, 0.2) is 78.9 Å². The van der Waals surface area contributed by atoms with Crippen LogP contribution in [0.25, 0.3) is 0 Å². The van der Waals surface area contributed by atoms with E-state index in [0.29, 0.717) is 35.7 Å². The van der Waals surface area contributed by atoms with Crippen LogP contribution in [-0.4, -0.2) is 30.1 Å². The molecule has 33 heavy (non-hydrogen) atoms. The molecule has 0 unspecified atom stereocenters. The molecule has 0 aromatic heterocycles. The first-order valence-corrected chi connectivity index (χ1v) is 11.3. The summed E-state index contributed by atoms with van der Waals surface area (Å²) in [6, 6.07) is 23.5. The molecule has 3 rings (SSSR count). The number of nitrogens with zero attached hydrogens (tertiary/aromatic N) is 1. The van der Waals surface area contributed by atoms with Crippen LogP contribution < -0.4 is 20.3 Å². The van der Waals surface area contributed by atoms with Crippen molar-refractivity contribution < 1.29 is 14.3 Å². The smallest absolute Gasteiger partial charge is 0.261 e. The standard InChI is InChI=1S/C26H27N3O3S/c1-3-18-32-23-17-11-9-15-21(23)24(30)28-26(33)27-22-16-10-8-14-20(22)25(31)29(4-2)19-12-6-5-7-13-19/h5-17H,3-4,18H2,1-2H3,(H2,27,28,30,33). The molecule has 6 nitrogen and oxygen atoms in total. The number of hydrogen-bond donors (Lipinski definition) is 2. The van der Waals surface area contributed by atoms with Gasteiger partial charge in [-0.25, -0.2) is 0 Å². The topological polar surface area (TPSA) is 70.7 Å². The van der Waals surface area contributed by atoms with Gasteiger partial charge in [-0.1, -0.05) is 49.4 Å². The fraction of sp³-hybridized carbons (Fsp3) is 0.192. The van der Waals surface area contributed by atoms with Gasteiger partial charge in [0.25, 0.3) is 11.8 Å². The van der Waals surface area contributed by atoms with Crippen molar-refractivity contribution in [2.45, 2.75) is 20.3 Å². The summed E-state index contributed by atoms with van der Waals surface area (Å²) in [6.07, 6.45) is 0.832. The molecule has 0 atom stereocenters. The third kappa shape index (κ3) is 6.17. The van der Waals surface area contributed by atoms with Crippen LogP contribution in [-0.2, 0) is 0 Å². The monoisotopic (exact) mass is 461 g/mol. The van der Waals surface area contributed by atoms with Gasteiger partial charge in [-0.15, -0.1) is 0 Å². The Kier molecular flexibility index (Phi) is 8.55. The Hall–Kier alpha value is -3.71. The Bertz CT molecular complexity index is 1120. The van der Waals surface area contributed by atoms with Crippen molar-refractivity contribution in [2.24, 2.45) is 0 Å². The second kappa shape index (κ2) is 11.8. The molecule has 3 aromatic carbocycles. The quantitative estimate of drug-likeness (QED) is 0.447. The van der Waals surface area contributed by atoms with Gasteiger partial charge < -0.3 is 15.0 Å². The molecule has 0 aliphatic carbocycles. The van der Waals surface area contributed by atoms with Crippen molar-refractivity contribution in [3.63, 3.8) is 0 Å². The van der Waals surface area contributed by atoms with Crippen LogP contribution in [0.4, 0.5) is 11.4 Å². The average molecular weight is 462 g/mol. The fourth-order valence-corrected chi connectivity index (χ4v) is 3.49. The normalized spacial score (nSPS) is 10.2. The largest absolute Gasteiger partial charge is 0.493 e. The highest BCUT2D eigenvalue weighted by atomic mass is 32.1. The van der Waals surface area contributed by atoms with Crippen molar-refractivity contribution in [3.8, 4) is 5.75 Å². The van der Waals surface area contributed by atoms with Crippen molar-refractivity contribution in [1.29, 1.82) is 0 Å². The maximum absolute atomic E-state index is 13.3. The predicted molar refractivity (Wildman–Crippen MR) is 136 cm³/mol. The Morgan fingerprint density at radius 3 is 2.21 bits per heavy atom. The van der Waals surface area contributed by atoms with E-state index in [0.717, 1.165) is 12.1 Å². The van der Waals surface area contributed by atoms with Crippen molar-refractivity contribution in [2.75, 3.05) is 23.4 Å². The molecule has 0 saturated heterocycles. The molecule has 0 aliphatic rings. The molecule has 3 aromatic rings. The summed E-state index contributed by atoms with van der Waals surface area (Å²) in [7, 11) is 0. The van der Waals surface area contributed by atoms with Gasteiger partial charge >= 0.3 is 0 Å². The fourth-order valence-electron chi connectivity index (χ4n) is 3.29. The molecule has 2 N–H and O–H groups in total. The zero-order valence-corrected chi connectivity index (χ0v) is 19.5. The number of rotatable bonds is 8. The van der Waals surface area contributed by atoms with E-state index in [4.69, 9.17) is 17.0 Å². The Labute approximate surface area is 199 Å². The Morgan fingerprint density at radius 1 is 0.879 bits per heavy atom. The third-order valence-corrected chi connectivity index (χ3v) is 5.06. The van der Waals surface area contributed by atoms with E-state index in [2.05, 4.69) is 10.6 Å². The number of ether oxygens (including phenoxy) is 1. The summed E-state index contributed by atoms with van der Waals surface area (Å²) in [5.74, 6) is -0.0570. The molecule has 7 heteroatoms. The zero-order chi connectivity index (χ0) is 23.6. The first-order valence-electron chi connectivity index (χ1n) is 10.8. The summed E-state index contributed by atoms with van der Waals surface area (Å²) >= 11 is 5.37. The minimum Gasteiger partial charge on any atom is -0.493 e. The van der Waals surface area contributed by atoms with Gasteiger partial charge in [0.1, 0.15) is 5.75 Å². The van der Waals surface area contributed by atoms with E-state index in [-0.39, 0.29) is 16.9 Å². The van der Waals surface area contributed by atoms with E-state index in [9.17, 15) is 9.59 Å². The molecule has 0 bridgehead atoms. The number of carbonyl (C=O) groups excluding carboxylic acids is 2. The number of amides is 2. The minimum absolute atomic E-state index is 0.0910. The Balaban J connectivity index is 1.75. The molecule has 0 heterocycles.